The molecular formula is C80H152O17P2. The Bertz CT molecular complexity index is 2020. The number of hydrogen-bond acceptors (Lipinski definition) is 15. The molecule has 19 heteroatoms. The minimum absolute atomic E-state index is 0.0851. The maximum Gasteiger partial charge on any atom is 0.472 e. The van der Waals surface area contributed by atoms with Crippen LogP contribution < -0.4 is 0 Å². The lowest BCUT2D eigenvalue weighted by Gasteiger charge is -2.21. The van der Waals surface area contributed by atoms with Gasteiger partial charge in [-0.15, -0.1) is 0 Å². The van der Waals surface area contributed by atoms with Gasteiger partial charge in [0.2, 0.25) is 0 Å². The van der Waals surface area contributed by atoms with Crippen LogP contribution in [-0.4, -0.2) is 96.7 Å². The van der Waals surface area contributed by atoms with E-state index in [9.17, 15) is 43.2 Å². The van der Waals surface area contributed by atoms with Gasteiger partial charge in [-0.25, -0.2) is 9.13 Å². The molecule has 0 radical (unpaired) electrons. The molecule has 584 valence electrons. The first-order valence-corrected chi connectivity index (χ1v) is 43.8. The molecule has 5 unspecified atom stereocenters. The van der Waals surface area contributed by atoms with Crippen LogP contribution in [0.5, 0.6) is 0 Å². The first kappa shape index (κ1) is 96.5. The van der Waals surface area contributed by atoms with E-state index in [2.05, 4.69) is 72.8 Å². The highest BCUT2D eigenvalue weighted by atomic mass is 31.2. The number of hydrogen-bond donors (Lipinski definition) is 3. The number of allylic oxidation sites excluding steroid dienone is 4. The summed E-state index contributed by atoms with van der Waals surface area (Å²) in [7, 11) is -9.93. The molecule has 0 amide bonds. The van der Waals surface area contributed by atoms with E-state index >= 15 is 0 Å². The van der Waals surface area contributed by atoms with Gasteiger partial charge in [0.1, 0.15) is 19.3 Å². The Morgan fingerprint density at radius 1 is 0.323 bits per heavy atom. The Morgan fingerprint density at radius 2 is 0.566 bits per heavy atom. The zero-order valence-corrected chi connectivity index (χ0v) is 66.2. The third-order valence-electron chi connectivity index (χ3n) is 19.1. The molecule has 0 aromatic heterocycles. The number of aliphatic hydroxyl groups excluding tert-OH is 1. The Balaban J connectivity index is 5.23. The van der Waals surface area contributed by atoms with Crippen LogP contribution in [-0.2, 0) is 65.4 Å². The van der Waals surface area contributed by atoms with E-state index < -0.39 is 97.5 Å². The van der Waals surface area contributed by atoms with Crippen molar-refractivity contribution in [3.05, 3.63) is 24.3 Å². The van der Waals surface area contributed by atoms with Crippen LogP contribution >= 0.6 is 15.6 Å². The molecule has 0 rings (SSSR count). The fraction of sp³-hybridized carbons (Fsp3) is 0.900. The van der Waals surface area contributed by atoms with Gasteiger partial charge in [-0.2, -0.15) is 0 Å². The van der Waals surface area contributed by atoms with Crippen molar-refractivity contribution in [2.45, 2.75) is 407 Å². The molecule has 0 bridgehead atoms. The zero-order chi connectivity index (χ0) is 73.0. The maximum atomic E-state index is 13.1. The normalized spacial score (nSPS) is 15.0. The first-order chi connectivity index (χ1) is 47.8. The van der Waals surface area contributed by atoms with Gasteiger partial charge >= 0.3 is 39.5 Å². The van der Waals surface area contributed by atoms with Gasteiger partial charge in [0.15, 0.2) is 12.2 Å². The molecule has 17 nitrogen and oxygen atoms in total. The predicted molar refractivity (Wildman–Crippen MR) is 404 cm³/mol. The summed E-state index contributed by atoms with van der Waals surface area (Å²) >= 11 is 0. The summed E-state index contributed by atoms with van der Waals surface area (Å²) in [6.07, 6.45) is 60.5. The summed E-state index contributed by atoms with van der Waals surface area (Å²) in [6.45, 7) is 11.9. The number of carbonyl (C=O) groups excluding carboxylic acids is 4. The molecule has 99 heavy (non-hydrogen) atoms. The Kier molecular flexibility index (Phi) is 68.1. The summed E-state index contributed by atoms with van der Waals surface area (Å²) in [4.78, 5) is 72.9. The molecule has 3 N–H and O–H groups in total. The molecule has 0 aliphatic carbocycles. The topological polar surface area (TPSA) is 237 Å². The monoisotopic (exact) mass is 1450 g/mol. The van der Waals surface area contributed by atoms with E-state index in [1.807, 2.05) is 0 Å². The van der Waals surface area contributed by atoms with Gasteiger partial charge in [0.05, 0.1) is 26.4 Å². The molecule has 0 aliphatic rings. The van der Waals surface area contributed by atoms with Crippen LogP contribution in [0, 0.1) is 17.8 Å². The lowest BCUT2D eigenvalue weighted by Crippen LogP contribution is -2.30. The van der Waals surface area contributed by atoms with Gasteiger partial charge in [-0.1, -0.05) is 336 Å². The fourth-order valence-corrected chi connectivity index (χ4v) is 13.3. The number of ether oxygens (including phenoxy) is 4. The molecule has 0 saturated heterocycles. The summed E-state index contributed by atoms with van der Waals surface area (Å²) in [5, 5.41) is 10.6. The molecule has 0 heterocycles. The number of phosphoric ester groups is 2. The van der Waals surface area contributed by atoms with Crippen LogP contribution in [0.4, 0.5) is 0 Å². The Morgan fingerprint density at radius 3 is 0.848 bits per heavy atom. The molecule has 0 saturated carbocycles. The zero-order valence-electron chi connectivity index (χ0n) is 64.4. The van der Waals surface area contributed by atoms with Crippen molar-refractivity contribution in [1.82, 2.24) is 0 Å². The summed E-state index contributed by atoms with van der Waals surface area (Å²) < 4.78 is 68.6. The number of aliphatic hydroxyl groups is 1. The van der Waals surface area contributed by atoms with E-state index in [4.69, 9.17) is 37.0 Å². The van der Waals surface area contributed by atoms with Crippen molar-refractivity contribution < 1.29 is 80.2 Å². The minimum Gasteiger partial charge on any atom is -0.462 e. The van der Waals surface area contributed by atoms with E-state index in [0.717, 1.165) is 127 Å². The van der Waals surface area contributed by atoms with Crippen molar-refractivity contribution in [1.29, 1.82) is 0 Å². The highest BCUT2D eigenvalue weighted by Crippen LogP contribution is 2.45. The number of carbonyl (C=O) groups is 4. The average Bonchev–Trinajstić information content (AvgIpc) is 1.05. The summed E-state index contributed by atoms with van der Waals surface area (Å²) in [5.41, 5.74) is 0. The first-order valence-electron chi connectivity index (χ1n) is 40.8. The number of phosphoric acid groups is 2. The fourth-order valence-electron chi connectivity index (χ4n) is 11.7. The van der Waals surface area contributed by atoms with E-state index in [1.165, 1.54) is 180 Å². The van der Waals surface area contributed by atoms with Gasteiger partial charge in [0, 0.05) is 25.7 Å². The largest absolute Gasteiger partial charge is 0.472 e. The van der Waals surface area contributed by atoms with Crippen molar-refractivity contribution in [3.63, 3.8) is 0 Å². The minimum atomic E-state index is -4.97. The van der Waals surface area contributed by atoms with Crippen molar-refractivity contribution >= 4 is 39.5 Å². The lowest BCUT2D eigenvalue weighted by molar-refractivity contribution is -0.161. The van der Waals surface area contributed by atoms with Crippen LogP contribution in [0.15, 0.2) is 24.3 Å². The standard InChI is InChI=1S/C80H152O17P2/c1-8-12-13-14-15-16-17-18-23-28-31-34-40-49-56-63-79(84)96-75(67-90-77(82)61-54-47-39-33-30-27-25-22-20-19-21-24-26-29-32-37-44-51-58-71(5)9-2)69-94-98(86,87)92-65-74(81)66-93-99(88,89)95-70-76(68-91-78(83)62-55-48-43-42-46-53-60-73(7)11-4)97-80(85)64-57-50-41-36-35-38-45-52-59-72(6)10-3/h16-18,23,71-76,81H,8-15,19-22,24-70H2,1-7H3,(H,86,87)(H,88,89)/b17-16-,23-18-/t71?,72?,73?,74-,75-,76-/m1/s1. The van der Waals surface area contributed by atoms with Gasteiger partial charge in [-0.3, -0.25) is 37.3 Å². The third-order valence-corrected chi connectivity index (χ3v) is 21.0. The smallest absolute Gasteiger partial charge is 0.462 e. The average molecular weight is 1450 g/mol. The molecular weight excluding hydrogens is 1290 g/mol. The van der Waals surface area contributed by atoms with Crippen molar-refractivity contribution in [2.75, 3.05) is 39.6 Å². The molecule has 0 spiro atoms. The van der Waals surface area contributed by atoms with E-state index in [1.54, 1.807) is 0 Å². The highest BCUT2D eigenvalue weighted by molar-refractivity contribution is 7.47. The van der Waals surface area contributed by atoms with Gasteiger partial charge in [-0.05, 0) is 69.1 Å². The van der Waals surface area contributed by atoms with Crippen LogP contribution in [0.2, 0.25) is 0 Å². The number of esters is 4. The molecule has 0 aromatic carbocycles. The van der Waals surface area contributed by atoms with Crippen LogP contribution in [0.1, 0.15) is 389 Å². The third kappa shape index (κ3) is 69.7. The second-order valence-corrected chi connectivity index (χ2v) is 31.8. The Hall–Kier alpha value is -2.46. The van der Waals surface area contributed by atoms with Crippen molar-refractivity contribution in [3.8, 4) is 0 Å². The second-order valence-electron chi connectivity index (χ2n) is 28.8. The molecule has 0 fully saturated rings. The maximum absolute atomic E-state index is 13.1. The second kappa shape index (κ2) is 69.9. The van der Waals surface area contributed by atoms with Gasteiger partial charge < -0.3 is 33.8 Å². The molecule has 0 aliphatic heterocycles. The van der Waals surface area contributed by atoms with Crippen LogP contribution in [0.3, 0.4) is 0 Å². The number of unbranched alkanes of at least 4 members (excludes halogenated alkanes) is 38. The summed E-state index contributed by atoms with van der Waals surface area (Å²) in [5.74, 6) is 0.222. The van der Waals surface area contributed by atoms with E-state index in [0.29, 0.717) is 25.7 Å². The lowest BCUT2D eigenvalue weighted by atomic mass is 9.99. The quantitative estimate of drug-likeness (QED) is 0.0169. The summed E-state index contributed by atoms with van der Waals surface area (Å²) in [6, 6.07) is 0. The van der Waals surface area contributed by atoms with Crippen molar-refractivity contribution in [2.24, 2.45) is 17.8 Å². The predicted octanol–water partition coefficient (Wildman–Crippen LogP) is 23.3. The Labute approximate surface area is 605 Å². The molecule has 0 aromatic rings. The number of rotatable bonds is 76. The highest BCUT2D eigenvalue weighted by Gasteiger charge is 2.30. The SMILES string of the molecule is CCCCCC/C=C\C=C/CCCCCCCC(=O)O[C@H](COC(=O)CCCCCCCCCCCCCCCCCCCCC(C)CC)COP(=O)(O)OC[C@@H](O)COP(=O)(O)OC[C@@H](COC(=O)CCCCCCCCC(C)CC)OC(=O)CCCCCCCCCCC(C)CC. The van der Waals surface area contributed by atoms with Crippen LogP contribution in [0.25, 0.3) is 0 Å². The van der Waals surface area contributed by atoms with Gasteiger partial charge in [0.25, 0.3) is 0 Å². The molecule has 8 atom stereocenters. The van der Waals surface area contributed by atoms with E-state index in [-0.39, 0.29) is 25.7 Å².